The van der Waals surface area contributed by atoms with Gasteiger partial charge in [0.2, 0.25) is 0 Å². The summed E-state index contributed by atoms with van der Waals surface area (Å²) in [6.45, 7) is 2.39. The van der Waals surface area contributed by atoms with E-state index in [2.05, 4.69) is 10.4 Å². The number of benzene rings is 2. The molecule has 0 spiro atoms. The molecule has 134 valence electrons. The van der Waals surface area contributed by atoms with E-state index in [9.17, 15) is 4.79 Å². The summed E-state index contributed by atoms with van der Waals surface area (Å²) in [4.78, 5) is 12.4. The first-order valence-corrected chi connectivity index (χ1v) is 9.10. The van der Waals surface area contributed by atoms with Gasteiger partial charge in [0.25, 0.3) is 5.91 Å². The second-order valence-electron chi connectivity index (χ2n) is 5.63. The van der Waals surface area contributed by atoms with Gasteiger partial charge < -0.3 is 5.32 Å². The average molecular weight is 429 g/mol. The van der Waals surface area contributed by atoms with Crippen LogP contribution in [0.15, 0.2) is 42.5 Å². The molecule has 0 aliphatic rings. The molecule has 0 unspecified atom stereocenters. The summed E-state index contributed by atoms with van der Waals surface area (Å²) >= 11 is 24.0. The molecule has 0 atom stereocenters. The van der Waals surface area contributed by atoms with Crippen molar-refractivity contribution in [2.45, 2.75) is 13.5 Å². The number of aryl methyl sites for hydroxylation is 1. The lowest BCUT2D eigenvalue weighted by molar-refractivity contribution is 0.102. The smallest absolute Gasteiger partial charge is 0.258 e. The Morgan fingerprint density at radius 1 is 1.04 bits per heavy atom. The number of carbonyl (C=O) groups excluding carboxylic acids is 1. The van der Waals surface area contributed by atoms with Gasteiger partial charge in [0.05, 0.1) is 32.2 Å². The third-order valence-electron chi connectivity index (χ3n) is 3.74. The number of halogens is 4. The number of amides is 1. The number of anilines is 1. The van der Waals surface area contributed by atoms with Crippen molar-refractivity contribution in [2.75, 3.05) is 5.32 Å². The second-order valence-corrected chi connectivity index (χ2v) is 7.23. The molecule has 1 aromatic heterocycles. The Morgan fingerprint density at radius 2 is 1.81 bits per heavy atom. The van der Waals surface area contributed by atoms with Gasteiger partial charge in [-0.1, -0.05) is 58.5 Å². The minimum Gasteiger partial charge on any atom is -0.305 e. The molecule has 3 aromatic rings. The van der Waals surface area contributed by atoms with Crippen molar-refractivity contribution >= 4 is 58.1 Å². The monoisotopic (exact) mass is 427 g/mol. The molecule has 8 heteroatoms. The van der Waals surface area contributed by atoms with Gasteiger partial charge in [-0.2, -0.15) is 5.10 Å². The third-order valence-corrected chi connectivity index (χ3v) is 5.29. The zero-order valence-electron chi connectivity index (χ0n) is 13.6. The van der Waals surface area contributed by atoms with Gasteiger partial charge in [-0.15, -0.1) is 0 Å². The Balaban J connectivity index is 1.78. The summed E-state index contributed by atoms with van der Waals surface area (Å²) in [5.41, 5.74) is 2.11. The molecule has 1 heterocycles. The zero-order valence-corrected chi connectivity index (χ0v) is 16.6. The largest absolute Gasteiger partial charge is 0.305 e. The minimum absolute atomic E-state index is 0.207. The molecule has 0 bridgehead atoms. The van der Waals surface area contributed by atoms with Gasteiger partial charge >= 0.3 is 0 Å². The number of carbonyl (C=O) groups is 1. The average Bonchev–Trinajstić information content (AvgIpc) is 2.92. The summed E-state index contributed by atoms with van der Waals surface area (Å²) in [6.07, 6.45) is 0. The highest BCUT2D eigenvalue weighted by Gasteiger charge is 2.15. The predicted octanol–water partition coefficient (Wildman–Crippen LogP) is 6.11. The lowest BCUT2D eigenvalue weighted by Gasteiger charge is -2.07. The maximum Gasteiger partial charge on any atom is 0.258 e. The van der Waals surface area contributed by atoms with E-state index in [1.807, 2.05) is 13.0 Å². The number of nitrogens with zero attached hydrogens (tertiary/aromatic N) is 2. The topological polar surface area (TPSA) is 46.9 Å². The highest BCUT2D eigenvalue weighted by molar-refractivity contribution is 6.44. The van der Waals surface area contributed by atoms with Gasteiger partial charge in [-0.25, -0.2) is 0 Å². The summed E-state index contributed by atoms with van der Waals surface area (Å²) in [6, 6.07) is 12.1. The van der Waals surface area contributed by atoms with E-state index in [4.69, 9.17) is 46.4 Å². The highest BCUT2D eigenvalue weighted by atomic mass is 35.5. The van der Waals surface area contributed by atoms with Crippen LogP contribution in [0.2, 0.25) is 20.1 Å². The Hall–Kier alpha value is -1.72. The number of hydrogen-bond acceptors (Lipinski definition) is 2. The molecule has 1 N–H and O–H groups in total. The molecule has 2 aromatic carbocycles. The zero-order chi connectivity index (χ0) is 18.8. The normalized spacial score (nSPS) is 10.8. The summed E-state index contributed by atoms with van der Waals surface area (Å²) in [5.74, 6) is 0.0419. The summed E-state index contributed by atoms with van der Waals surface area (Å²) in [7, 11) is 0. The van der Waals surface area contributed by atoms with Gasteiger partial charge in [0.1, 0.15) is 0 Å². The number of hydrogen-bond donors (Lipinski definition) is 1. The lowest BCUT2D eigenvalue weighted by Crippen LogP contribution is -2.13. The second kappa shape index (κ2) is 7.89. The van der Waals surface area contributed by atoms with Crippen LogP contribution in [-0.4, -0.2) is 15.7 Å². The minimum atomic E-state index is -0.378. The van der Waals surface area contributed by atoms with Crippen molar-refractivity contribution in [3.63, 3.8) is 0 Å². The fourth-order valence-electron chi connectivity index (χ4n) is 2.41. The van der Waals surface area contributed by atoms with Crippen LogP contribution in [0.3, 0.4) is 0 Å². The SMILES string of the molecule is Cc1cc(NC(=O)c2cccc(Cl)c2Cl)nn1Cc1ccc(Cl)c(Cl)c1. The summed E-state index contributed by atoms with van der Waals surface area (Å²) in [5, 5.41) is 8.65. The first kappa shape index (κ1) is 19.1. The van der Waals surface area contributed by atoms with E-state index in [1.54, 1.807) is 41.1 Å². The fourth-order valence-corrected chi connectivity index (χ4v) is 3.11. The molecule has 3 rings (SSSR count). The molecular weight excluding hydrogens is 416 g/mol. The molecule has 26 heavy (non-hydrogen) atoms. The van der Waals surface area contributed by atoms with Gasteiger partial charge in [0, 0.05) is 11.8 Å². The molecule has 0 radical (unpaired) electrons. The van der Waals surface area contributed by atoms with Crippen LogP contribution < -0.4 is 5.32 Å². The standard InChI is InChI=1S/C18H13Cl4N3O/c1-10-7-16(23-18(26)12-3-2-4-14(20)17(12)22)24-25(10)9-11-5-6-13(19)15(21)8-11/h2-8H,9H2,1H3,(H,23,24,26). The van der Waals surface area contributed by atoms with Crippen molar-refractivity contribution < 1.29 is 4.79 Å². The molecule has 0 aliphatic heterocycles. The van der Waals surface area contributed by atoms with Crippen molar-refractivity contribution in [1.82, 2.24) is 9.78 Å². The first-order valence-electron chi connectivity index (χ1n) is 7.59. The fraction of sp³-hybridized carbons (Fsp3) is 0.111. The molecule has 0 fully saturated rings. The van der Waals surface area contributed by atoms with E-state index in [-0.39, 0.29) is 16.5 Å². The van der Waals surface area contributed by atoms with Crippen LogP contribution in [-0.2, 0) is 6.54 Å². The maximum absolute atomic E-state index is 12.4. The van der Waals surface area contributed by atoms with E-state index < -0.39 is 0 Å². The molecule has 1 amide bonds. The van der Waals surface area contributed by atoms with Crippen LogP contribution in [0.25, 0.3) is 0 Å². The number of rotatable bonds is 4. The van der Waals surface area contributed by atoms with Crippen LogP contribution in [0.1, 0.15) is 21.6 Å². The van der Waals surface area contributed by atoms with Crippen molar-refractivity contribution in [3.05, 3.63) is 79.4 Å². The van der Waals surface area contributed by atoms with E-state index >= 15 is 0 Å². The Bertz CT molecular complexity index is 985. The molecule has 0 saturated heterocycles. The Kier molecular flexibility index (Phi) is 5.78. The highest BCUT2D eigenvalue weighted by Crippen LogP contribution is 2.26. The lowest BCUT2D eigenvalue weighted by atomic mass is 10.2. The van der Waals surface area contributed by atoms with Crippen LogP contribution in [0.4, 0.5) is 5.82 Å². The Labute approximate surface area is 170 Å². The molecular formula is C18H13Cl4N3O. The van der Waals surface area contributed by atoms with E-state index in [0.29, 0.717) is 27.4 Å². The van der Waals surface area contributed by atoms with Gasteiger partial charge in [-0.05, 0) is 36.8 Å². The van der Waals surface area contributed by atoms with Gasteiger partial charge in [0.15, 0.2) is 5.82 Å². The third kappa shape index (κ3) is 4.15. The van der Waals surface area contributed by atoms with E-state index in [1.165, 1.54) is 0 Å². The Morgan fingerprint density at radius 3 is 2.54 bits per heavy atom. The van der Waals surface area contributed by atoms with Gasteiger partial charge in [-0.3, -0.25) is 9.48 Å². The van der Waals surface area contributed by atoms with Crippen LogP contribution in [0.5, 0.6) is 0 Å². The van der Waals surface area contributed by atoms with Crippen LogP contribution in [0, 0.1) is 6.92 Å². The van der Waals surface area contributed by atoms with Crippen molar-refractivity contribution in [3.8, 4) is 0 Å². The number of aromatic nitrogens is 2. The van der Waals surface area contributed by atoms with Crippen molar-refractivity contribution in [1.29, 1.82) is 0 Å². The van der Waals surface area contributed by atoms with Crippen molar-refractivity contribution in [2.24, 2.45) is 0 Å². The quantitative estimate of drug-likeness (QED) is 0.545. The molecule has 0 aliphatic carbocycles. The van der Waals surface area contributed by atoms with E-state index in [0.717, 1.165) is 11.3 Å². The molecule has 0 saturated carbocycles. The van der Waals surface area contributed by atoms with Crippen LogP contribution >= 0.6 is 46.4 Å². The maximum atomic E-state index is 12.4. The summed E-state index contributed by atoms with van der Waals surface area (Å²) < 4.78 is 1.76. The molecule has 4 nitrogen and oxygen atoms in total. The predicted molar refractivity (Wildman–Crippen MR) is 107 cm³/mol. The first-order chi connectivity index (χ1) is 12.3. The number of nitrogens with one attached hydrogen (secondary N) is 1.